The first-order chi connectivity index (χ1) is 15.2. The van der Waals surface area contributed by atoms with Crippen molar-refractivity contribution in [3.05, 3.63) is 64.2 Å². The van der Waals surface area contributed by atoms with E-state index in [1.165, 1.54) is 28.9 Å². The number of aryl methyl sites for hydroxylation is 2. The number of carbonyl (C=O) groups excluding carboxylic acids is 3. The smallest absolute Gasteiger partial charge is 0.319 e. The lowest BCUT2D eigenvalue weighted by Crippen LogP contribution is -2.45. The fourth-order valence-electron chi connectivity index (χ4n) is 4.64. The third kappa shape index (κ3) is 4.14. The molecule has 0 spiro atoms. The van der Waals surface area contributed by atoms with Crippen LogP contribution in [0.1, 0.15) is 90.4 Å². The predicted molar refractivity (Wildman–Crippen MR) is 125 cm³/mol. The molecule has 1 aliphatic carbocycles. The van der Waals surface area contributed by atoms with Gasteiger partial charge < -0.3 is 10.6 Å². The fraction of sp³-hybridized carbons (Fsp3) is 0.423. The van der Waals surface area contributed by atoms with E-state index in [1.807, 2.05) is 27.7 Å². The van der Waals surface area contributed by atoms with Crippen molar-refractivity contribution in [3.63, 3.8) is 0 Å². The van der Waals surface area contributed by atoms with Crippen LogP contribution in [0.5, 0.6) is 0 Å². The summed E-state index contributed by atoms with van der Waals surface area (Å²) < 4.78 is 0. The Morgan fingerprint density at radius 1 is 0.969 bits per heavy atom. The number of hydrogen-bond donors (Lipinski definition) is 2. The summed E-state index contributed by atoms with van der Waals surface area (Å²) in [5, 5.41) is 5.87. The van der Waals surface area contributed by atoms with Crippen LogP contribution in [0.2, 0.25) is 0 Å². The molecule has 6 nitrogen and oxygen atoms in total. The third-order valence-corrected chi connectivity index (χ3v) is 6.30. The molecule has 2 N–H and O–H groups in total. The number of urea groups is 1. The molecular weight excluding hydrogens is 402 g/mol. The number of amides is 4. The average molecular weight is 434 g/mol. The average Bonchev–Trinajstić information content (AvgIpc) is 3.01. The fourth-order valence-corrected chi connectivity index (χ4v) is 4.64. The number of carbonyl (C=O) groups is 3. The summed E-state index contributed by atoms with van der Waals surface area (Å²) >= 11 is 0. The molecule has 0 aromatic heterocycles. The van der Waals surface area contributed by atoms with E-state index in [4.69, 9.17) is 0 Å². The molecule has 4 amide bonds. The van der Waals surface area contributed by atoms with Gasteiger partial charge in [-0.05, 0) is 87.8 Å². The van der Waals surface area contributed by atoms with E-state index in [-0.39, 0.29) is 23.9 Å². The van der Waals surface area contributed by atoms with Crippen LogP contribution in [0.15, 0.2) is 36.4 Å². The van der Waals surface area contributed by atoms with E-state index in [0.29, 0.717) is 16.8 Å². The molecule has 32 heavy (non-hydrogen) atoms. The van der Waals surface area contributed by atoms with Crippen LogP contribution in [0.3, 0.4) is 0 Å². The Morgan fingerprint density at radius 3 is 2.34 bits per heavy atom. The number of anilines is 1. The minimum Gasteiger partial charge on any atom is -0.331 e. The lowest BCUT2D eigenvalue weighted by molar-refractivity contribution is 0.0507. The van der Waals surface area contributed by atoms with Gasteiger partial charge in [-0.25, -0.2) is 4.79 Å². The van der Waals surface area contributed by atoms with Crippen molar-refractivity contribution in [3.8, 4) is 0 Å². The lowest BCUT2D eigenvalue weighted by Gasteiger charge is -2.29. The van der Waals surface area contributed by atoms with Crippen molar-refractivity contribution >= 4 is 23.5 Å². The number of nitrogens with one attached hydrogen (secondary N) is 2. The molecule has 0 fully saturated rings. The van der Waals surface area contributed by atoms with Crippen LogP contribution in [0, 0.1) is 0 Å². The minimum atomic E-state index is -0.610. The lowest BCUT2D eigenvalue weighted by atomic mass is 9.89. The van der Waals surface area contributed by atoms with Gasteiger partial charge in [-0.15, -0.1) is 0 Å². The van der Waals surface area contributed by atoms with E-state index in [9.17, 15) is 14.4 Å². The standard InChI is InChI=1S/C26H31N3O3/c1-5-22(18-11-10-16-8-6-7-9-17(16)14-18)28-25(32)27-19-12-13-20-21(15-19)24(31)29(23(20)30)26(2,3)4/h10-15,22H,5-9H2,1-4H3,(H2,27,28,32). The Balaban J connectivity index is 1.47. The number of hydrogen-bond acceptors (Lipinski definition) is 3. The maximum absolute atomic E-state index is 12.8. The Bertz CT molecular complexity index is 1080. The van der Waals surface area contributed by atoms with Gasteiger partial charge in [0, 0.05) is 11.2 Å². The van der Waals surface area contributed by atoms with E-state index in [0.717, 1.165) is 24.8 Å². The molecular formula is C26H31N3O3. The second kappa shape index (κ2) is 8.41. The zero-order chi connectivity index (χ0) is 23.0. The Labute approximate surface area is 189 Å². The second-order valence-corrected chi connectivity index (χ2v) is 9.67. The van der Waals surface area contributed by atoms with Crippen LogP contribution < -0.4 is 10.6 Å². The van der Waals surface area contributed by atoms with Crippen molar-refractivity contribution in [2.24, 2.45) is 0 Å². The van der Waals surface area contributed by atoms with Crippen LogP contribution in [-0.4, -0.2) is 28.3 Å². The van der Waals surface area contributed by atoms with Gasteiger partial charge in [0.15, 0.2) is 0 Å². The first kappa shape index (κ1) is 22.1. The molecule has 4 rings (SSSR count). The molecule has 0 radical (unpaired) electrons. The normalized spacial score (nSPS) is 16.4. The molecule has 2 aliphatic rings. The van der Waals surface area contributed by atoms with Crippen molar-refractivity contribution in [2.75, 3.05) is 5.32 Å². The Hall–Kier alpha value is -3.15. The molecule has 168 valence electrons. The molecule has 1 atom stereocenters. The van der Waals surface area contributed by atoms with Crippen LogP contribution >= 0.6 is 0 Å². The Kier molecular flexibility index (Phi) is 5.80. The zero-order valence-electron chi connectivity index (χ0n) is 19.2. The minimum absolute atomic E-state index is 0.101. The van der Waals surface area contributed by atoms with E-state index in [2.05, 4.69) is 28.8 Å². The molecule has 0 saturated heterocycles. The van der Waals surface area contributed by atoms with Crippen LogP contribution in [0.4, 0.5) is 10.5 Å². The second-order valence-electron chi connectivity index (χ2n) is 9.67. The van der Waals surface area contributed by atoms with Gasteiger partial charge in [0.05, 0.1) is 17.2 Å². The quantitative estimate of drug-likeness (QED) is 0.648. The zero-order valence-corrected chi connectivity index (χ0v) is 19.2. The van der Waals surface area contributed by atoms with Crippen LogP contribution in [0.25, 0.3) is 0 Å². The largest absolute Gasteiger partial charge is 0.331 e. The third-order valence-electron chi connectivity index (χ3n) is 6.30. The monoisotopic (exact) mass is 433 g/mol. The first-order valence-electron chi connectivity index (χ1n) is 11.4. The maximum atomic E-state index is 12.8. The van der Waals surface area contributed by atoms with Gasteiger partial charge in [-0.2, -0.15) is 0 Å². The summed E-state index contributed by atoms with van der Waals surface area (Å²) in [7, 11) is 0. The van der Waals surface area contributed by atoms with Crippen molar-refractivity contribution in [2.45, 2.75) is 71.4 Å². The highest BCUT2D eigenvalue weighted by Gasteiger charge is 2.41. The number of benzene rings is 2. The first-order valence-corrected chi connectivity index (χ1v) is 11.4. The van der Waals surface area contributed by atoms with Gasteiger partial charge in [0.1, 0.15) is 0 Å². The summed E-state index contributed by atoms with van der Waals surface area (Å²) in [5.41, 5.74) is 4.49. The SMILES string of the molecule is CCC(NC(=O)Nc1ccc2c(c1)C(=O)N(C(C)(C)C)C2=O)c1ccc2c(c1)CCCC2. The highest BCUT2D eigenvalue weighted by atomic mass is 16.2. The molecule has 2 aromatic carbocycles. The topological polar surface area (TPSA) is 78.5 Å². The summed E-state index contributed by atoms with van der Waals surface area (Å²) in [6, 6.07) is 10.9. The molecule has 1 heterocycles. The summed E-state index contributed by atoms with van der Waals surface area (Å²) in [4.78, 5) is 39.4. The van der Waals surface area contributed by atoms with E-state index < -0.39 is 5.54 Å². The Morgan fingerprint density at radius 2 is 1.66 bits per heavy atom. The number of rotatable bonds is 4. The van der Waals surface area contributed by atoms with E-state index in [1.54, 1.807) is 18.2 Å². The van der Waals surface area contributed by atoms with Gasteiger partial charge in [0.25, 0.3) is 11.8 Å². The number of nitrogens with zero attached hydrogens (tertiary/aromatic N) is 1. The molecule has 1 aliphatic heterocycles. The molecule has 1 unspecified atom stereocenters. The van der Waals surface area contributed by atoms with Gasteiger partial charge >= 0.3 is 6.03 Å². The predicted octanol–water partition coefficient (Wildman–Crippen LogP) is 5.23. The number of fused-ring (bicyclic) bond motifs is 2. The molecule has 0 bridgehead atoms. The number of imide groups is 1. The van der Waals surface area contributed by atoms with Crippen molar-refractivity contribution in [1.82, 2.24) is 10.2 Å². The highest BCUT2D eigenvalue weighted by molar-refractivity contribution is 6.22. The highest BCUT2D eigenvalue weighted by Crippen LogP contribution is 2.31. The van der Waals surface area contributed by atoms with Gasteiger partial charge in [-0.1, -0.05) is 25.1 Å². The molecule has 6 heteroatoms. The molecule has 2 aromatic rings. The van der Waals surface area contributed by atoms with Gasteiger partial charge in [-0.3, -0.25) is 14.5 Å². The van der Waals surface area contributed by atoms with Gasteiger partial charge in [0.2, 0.25) is 0 Å². The summed E-state index contributed by atoms with van der Waals surface area (Å²) in [6.07, 6.45) is 5.45. The summed E-state index contributed by atoms with van der Waals surface area (Å²) in [5.74, 6) is -0.631. The van der Waals surface area contributed by atoms with Crippen LogP contribution in [-0.2, 0) is 12.8 Å². The van der Waals surface area contributed by atoms with E-state index >= 15 is 0 Å². The maximum Gasteiger partial charge on any atom is 0.319 e. The summed E-state index contributed by atoms with van der Waals surface area (Å²) in [6.45, 7) is 7.53. The van der Waals surface area contributed by atoms with Crippen molar-refractivity contribution in [1.29, 1.82) is 0 Å². The van der Waals surface area contributed by atoms with Crippen molar-refractivity contribution < 1.29 is 14.4 Å². The molecule has 0 saturated carbocycles.